The van der Waals surface area contributed by atoms with Crippen molar-refractivity contribution >= 4 is 5.91 Å². The highest BCUT2D eigenvalue weighted by Crippen LogP contribution is 2.12. The van der Waals surface area contributed by atoms with E-state index in [4.69, 9.17) is 0 Å². The van der Waals surface area contributed by atoms with Crippen LogP contribution in [0.1, 0.15) is 27.9 Å². The van der Waals surface area contributed by atoms with Crippen molar-refractivity contribution in [2.24, 2.45) is 0 Å². The third-order valence-corrected chi connectivity index (χ3v) is 3.50. The van der Waals surface area contributed by atoms with Crippen molar-refractivity contribution < 1.29 is 9.18 Å². The van der Waals surface area contributed by atoms with Gasteiger partial charge in [-0.25, -0.2) is 4.39 Å². The molecule has 0 unspecified atom stereocenters. The minimum Gasteiger partial charge on any atom is -0.342 e. The number of amides is 1. The zero-order chi connectivity index (χ0) is 15.2. The van der Waals surface area contributed by atoms with Crippen molar-refractivity contribution in [2.45, 2.75) is 19.8 Å². The van der Waals surface area contributed by atoms with Crippen LogP contribution < -0.4 is 0 Å². The van der Waals surface area contributed by atoms with E-state index in [0.717, 1.165) is 18.4 Å². The highest BCUT2D eigenvalue weighted by molar-refractivity contribution is 5.94. The first kappa shape index (κ1) is 15.2. The lowest BCUT2D eigenvalue weighted by atomic mass is 10.1. The Morgan fingerprint density at radius 1 is 1.14 bits per heavy atom. The summed E-state index contributed by atoms with van der Waals surface area (Å²) in [6, 6.07) is 14.8. The van der Waals surface area contributed by atoms with Gasteiger partial charge < -0.3 is 4.90 Å². The van der Waals surface area contributed by atoms with E-state index in [-0.39, 0.29) is 11.5 Å². The molecule has 2 nitrogen and oxygen atoms in total. The summed E-state index contributed by atoms with van der Waals surface area (Å²) in [7, 11) is 1.71. The number of hydrogen-bond donors (Lipinski definition) is 0. The number of benzene rings is 2. The SMILES string of the molecule is Cc1ccc(C(=O)N(C)CCCc2ccccc2)c(F)c1. The van der Waals surface area contributed by atoms with Crippen LogP contribution in [-0.2, 0) is 6.42 Å². The first-order valence-electron chi connectivity index (χ1n) is 7.13. The average Bonchev–Trinajstić information content (AvgIpc) is 2.47. The smallest absolute Gasteiger partial charge is 0.256 e. The van der Waals surface area contributed by atoms with E-state index in [0.29, 0.717) is 6.54 Å². The van der Waals surface area contributed by atoms with Crippen molar-refractivity contribution in [1.29, 1.82) is 0 Å². The fourth-order valence-electron chi connectivity index (χ4n) is 2.27. The van der Waals surface area contributed by atoms with Crippen molar-refractivity contribution in [2.75, 3.05) is 13.6 Å². The second-order valence-electron chi connectivity index (χ2n) is 5.30. The van der Waals surface area contributed by atoms with Gasteiger partial charge in [0.2, 0.25) is 0 Å². The van der Waals surface area contributed by atoms with Crippen molar-refractivity contribution in [3.05, 3.63) is 71.0 Å². The van der Waals surface area contributed by atoms with Crippen LogP contribution in [0.3, 0.4) is 0 Å². The topological polar surface area (TPSA) is 20.3 Å². The molecule has 0 spiro atoms. The summed E-state index contributed by atoms with van der Waals surface area (Å²) < 4.78 is 13.8. The Kier molecular flexibility index (Phi) is 5.09. The molecule has 3 heteroatoms. The standard InChI is InChI=1S/C18H20FNO/c1-14-10-11-16(17(19)13-14)18(21)20(2)12-6-9-15-7-4-3-5-8-15/h3-5,7-8,10-11,13H,6,9,12H2,1-2H3. The minimum atomic E-state index is -0.449. The molecule has 0 N–H and O–H groups in total. The zero-order valence-electron chi connectivity index (χ0n) is 12.5. The van der Waals surface area contributed by atoms with Crippen LogP contribution in [0, 0.1) is 12.7 Å². The fourth-order valence-corrected chi connectivity index (χ4v) is 2.27. The molecule has 0 radical (unpaired) electrons. The third kappa shape index (κ3) is 4.15. The van der Waals surface area contributed by atoms with E-state index in [9.17, 15) is 9.18 Å². The Hall–Kier alpha value is -2.16. The maximum absolute atomic E-state index is 13.8. The van der Waals surface area contributed by atoms with Gasteiger partial charge in [-0.3, -0.25) is 4.79 Å². The summed E-state index contributed by atoms with van der Waals surface area (Å²) in [5.74, 6) is -0.713. The number of rotatable bonds is 5. The van der Waals surface area contributed by atoms with E-state index in [2.05, 4.69) is 12.1 Å². The molecule has 0 aliphatic carbocycles. The van der Waals surface area contributed by atoms with Crippen LogP contribution in [-0.4, -0.2) is 24.4 Å². The third-order valence-electron chi connectivity index (χ3n) is 3.50. The lowest BCUT2D eigenvalue weighted by Crippen LogP contribution is -2.28. The summed E-state index contributed by atoms with van der Waals surface area (Å²) >= 11 is 0. The second-order valence-corrected chi connectivity index (χ2v) is 5.30. The van der Waals surface area contributed by atoms with Crippen LogP contribution in [0.2, 0.25) is 0 Å². The summed E-state index contributed by atoms with van der Waals surface area (Å²) in [5.41, 5.74) is 2.21. The molecule has 0 aliphatic rings. The minimum absolute atomic E-state index is 0.141. The molecule has 0 fully saturated rings. The Morgan fingerprint density at radius 2 is 1.86 bits per heavy atom. The van der Waals surface area contributed by atoms with Crippen molar-refractivity contribution in [3.8, 4) is 0 Å². The lowest BCUT2D eigenvalue weighted by molar-refractivity contribution is 0.0789. The molecular formula is C18H20FNO. The number of halogens is 1. The first-order chi connectivity index (χ1) is 10.1. The van der Waals surface area contributed by atoms with Gasteiger partial charge in [-0.2, -0.15) is 0 Å². The number of carbonyl (C=O) groups is 1. The molecule has 0 saturated heterocycles. The monoisotopic (exact) mass is 285 g/mol. The van der Waals surface area contributed by atoms with Crippen LogP contribution in [0.4, 0.5) is 4.39 Å². The van der Waals surface area contributed by atoms with Gasteiger partial charge in [-0.05, 0) is 43.0 Å². The maximum atomic E-state index is 13.8. The highest BCUT2D eigenvalue weighted by atomic mass is 19.1. The quantitative estimate of drug-likeness (QED) is 0.817. The summed E-state index contributed by atoms with van der Waals surface area (Å²) in [4.78, 5) is 13.8. The van der Waals surface area contributed by atoms with Crippen molar-refractivity contribution in [3.63, 3.8) is 0 Å². The number of nitrogens with zero attached hydrogens (tertiary/aromatic N) is 1. The fraction of sp³-hybridized carbons (Fsp3) is 0.278. The molecule has 21 heavy (non-hydrogen) atoms. The van der Waals surface area contributed by atoms with Gasteiger partial charge in [0.1, 0.15) is 5.82 Å². The normalized spacial score (nSPS) is 10.4. The lowest BCUT2D eigenvalue weighted by Gasteiger charge is -2.17. The van der Waals surface area contributed by atoms with E-state index >= 15 is 0 Å². The predicted octanol–water partition coefficient (Wildman–Crippen LogP) is 3.84. The number of aryl methyl sites for hydroxylation is 2. The summed E-state index contributed by atoms with van der Waals surface area (Å²) in [5, 5.41) is 0. The average molecular weight is 285 g/mol. The second kappa shape index (κ2) is 7.02. The van der Waals surface area contributed by atoms with E-state index in [1.54, 1.807) is 31.0 Å². The molecule has 0 atom stereocenters. The van der Waals surface area contributed by atoms with Gasteiger partial charge in [0, 0.05) is 13.6 Å². The van der Waals surface area contributed by atoms with Crippen LogP contribution in [0.5, 0.6) is 0 Å². The highest BCUT2D eigenvalue weighted by Gasteiger charge is 2.15. The molecule has 0 aromatic heterocycles. The molecule has 2 rings (SSSR count). The van der Waals surface area contributed by atoms with Crippen LogP contribution >= 0.6 is 0 Å². The molecule has 0 bridgehead atoms. The Balaban J connectivity index is 1.90. The first-order valence-corrected chi connectivity index (χ1v) is 7.13. The molecule has 2 aromatic rings. The molecule has 0 saturated carbocycles. The summed E-state index contributed by atoms with van der Waals surface area (Å²) in [6.07, 6.45) is 1.77. The van der Waals surface area contributed by atoms with E-state index in [1.807, 2.05) is 18.2 Å². The van der Waals surface area contributed by atoms with Gasteiger partial charge in [0.05, 0.1) is 5.56 Å². The van der Waals surface area contributed by atoms with Gasteiger partial charge in [-0.1, -0.05) is 36.4 Å². The van der Waals surface area contributed by atoms with Gasteiger partial charge >= 0.3 is 0 Å². The van der Waals surface area contributed by atoms with Crippen LogP contribution in [0.25, 0.3) is 0 Å². The van der Waals surface area contributed by atoms with Crippen molar-refractivity contribution in [1.82, 2.24) is 4.90 Å². The molecule has 0 aliphatic heterocycles. The Morgan fingerprint density at radius 3 is 2.52 bits per heavy atom. The van der Waals surface area contributed by atoms with E-state index < -0.39 is 5.82 Å². The number of hydrogen-bond acceptors (Lipinski definition) is 1. The Labute approximate surface area is 125 Å². The van der Waals surface area contributed by atoms with Gasteiger partial charge in [0.15, 0.2) is 0 Å². The van der Waals surface area contributed by atoms with Gasteiger partial charge in [0.25, 0.3) is 5.91 Å². The number of carbonyl (C=O) groups excluding carboxylic acids is 1. The Bertz CT molecular complexity index is 610. The summed E-state index contributed by atoms with van der Waals surface area (Å²) in [6.45, 7) is 2.42. The maximum Gasteiger partial charge on any atom is 0.256 e. The molecule has 110 valence electrons. The molecule has 2 aromatic carbocycles. The predicted molar refractivity (Wildman–Crippen MR) is 82.9 cm³/mol. The molecular weight excluding hydrogens is 265 g/mol. The zero-order valence-corrected chi connectivity index (χ0v) is 12.5. The molecule has 0 heterocycles. The van der Waals surface area contributed by atoms with Gasteiger partial charge in [-0.15, -0.1) is 0 Å². The van der Waals surface area contributed by atoms with Crippen LogP contribution in [0.15, 0.2) is 48.5 Å². The van der Waals surface area contributed by atoms with E-state index in [1.165, 1.54) is 11.6 Å². The largest absolute Gasteiger partial charge is 0.342 e. The molecule has 1 amide bonds.